The fraction of sp³-hybridized carbons (Fsp3) is 0.556. The van der Waals surface area contributed by atoms with Gasteiger partial charge in [0.25, 0.3) is 0 Å². The predicted molar refractivity (Wildman–Crippen MR) is 83.6 cm³/mol. The first kappa shape index (κ1) is 17.8. The Labute approximate surface area is 143 Å². The molecule has 2 fully saturated rings. The molecular weight excluding hydrogens is 335 g/mol. The van der Waals surface area contributed by atoms with Crippen LogP contribution in [-0.4, -0.2) is 27.9 Å². The zero-order valence-corrected chi connectivity index (χ0v) is 13.7. The molecule has 0 unspecified atom stereocenters. The molecule has 0 aliphatic heterocycles. The summed E-state index contributed by atoms with van der Waals surface area (Å²) in [7, 11) is 0. The van der Waals surface area contributed by atoms with Gasteiger partial charge in [-0.25, -0.2) is 0 Å². The molecular formula is C18H20F3NO3. The summed E-state index contributed by atoms with van der Waals surface area (Å²) >= 11 is 0. The van der Waals surface area contributed by atoms with Gasteiger partial charge in [-0.15, -0.1) is 0 Å². The van der Waals surface area contributed by atoms with Gasteiger partial charge >= 0.3 is 12.1 Å². The number of amides is 1. The average molecular weight is 355 g/mol. The van der Waals surface area contributed by atoms with Crippen molar-refractivity contribution < 1.29 is 27.9 Å². The van der Waals surface area contributed by atoms with Crippen LogP contribution >= 0.6 is 0 Å². The molecule has 0 aromatic heterocycles. The predicted octanol–water partition coefficient (Wildman–Crippen LogP) is 3.84. The van der Waals surface area contributed by atoms with E-state index in [-0.39, 0.29) is 24.9 Å². The standard InChI is InChI=1S/C18H20F3NO3/c19-18(20,21)13-4-2-12(3-5-13)11-22(14-6-7-14)15(23)10-17(16(24)25)8-1-9-17/h2-5,14H,1,6-11H2,(H,24,25). The number of hydrogen-bond acceptors (Lipinski definition) is 2. The molecule has 1 N–H and O–H groups in total. The number of hydrogen-bond donors (Lipinski definition) is 1. The largest absolute Gasteiger partial charge is 0.481 e. The van der Waals surface area contributed by atoms with Crippen LogP contribution in [0.2, 0.25) is 0 Å². The van der Waals surface area contributed by atoms with E-state index in [1.807, 2.05) is 0 Å². The van der Waals surface area contributed by atoms with E-state index in [0.29, 0.717) is 18.4 Å². The lowest BCUT2D eigenvalue weighted by molar-refractivity contribution is -0.159. The molecule has 136 valence electrons. The number of carboxylic acid groups (broad SMARTS) is 1. The molecule has 1 aromatic carbocycles. The number of alkyl halides is 3. The Morgan fingerprint density at radius 3 is 2.16 bits per heavy atom. The van der Waals surface area contributed by atoms with E-state index in [9.17, 15) is 27.9 Å². The third-order valence-corrected chi connectivity index (χ3v) is 5.20. The van der Waals surface area contributed by atoms with E-state index < -0.39 is 23.1 Å². The molecule has 0 atom stereocenters. The van der Waals surface area contributed by atoms with Gasteiger partial charge in [-0.1, -0.05) is 18.6 Å². The topological polar surface area (TPSA) is 57.6 Å². The van der Waals surface area contributed by atoms with Gasteiger partial charge in [0.2, 0.25) is 5.91 Å². The summed E-state index contributed by atoms with van der Waals surface area (Å²) in [6.07, 6.45) is -0.886. The van der Waals surface area contributed by atoms with Crippen molar-refractivity contribution in [3.63, 3.8) is 0 Å². The van der Waals surface area contributed by atoms with Gasteiger partial charge in [0.15, 0.2) is 0 Å². The molecule has 0 bridgehead atoms. The first-order chi connectivity index (χ1) is 11.7. The average Bonchev–Trinajstić information content (AvgIpc) is 3.32. The van der Waals surface area contributed by atoms with Crippen LogP contribution in [0.5, 0.6) is 0 Å². The molecule has 0 spiro atoms. The van der Waals surface area contributed by atoms with Crippen LogP contribution in [0.1, 0.15) is 49.7 Å². The summed E-state index contributed by atoms with van der Waals surface area (Å²) in [5.74, 6) is -1.15. The molecule has 3 rings (SSSR count). The summed E-state index contributed by atoms with van der Waals surface area (Å²) in [4.78, 5) is 25.7. The molecule has 25 heavy (non-hydrogen) atoms. The molecule has 0 saturated heterocycles. The van der Waals surface area contributed by atoms with E-state index in [1.165, 1.54) is 12.1 Å². The number of rotatable bonds is 6. The SMILES string of the molecule is O=C(CC1(C(=O)O)CCC1)N(Cc1ccc(C(F)(F)F)cc1)C1CC1. The van der Waals surface area contributed by atoms with Crippen molar-refractivity contribution >= 4 is 11.9 Å². The molecule has 1 aromatic rings. The fourth-order valence-corrected chi connectivity index (χ4v) is 3.26. The number of carbonyl (C=O) groups is 2. The number of benzene rings is 1. The highest BCUT2D eigenvalue weighted by Crippen LogP contribution is 2.45. The van der Waals surface area contributed by atoms with Gasteiger partial charge in [-0.2, -0.15) is 13.2 Å². The summed E-state index contributed by atoms with van der Waals surface area (Å²) in [6.45, 7) is 0.220. The van der Waals surface area contributed by atoms with Crippen molar-refractivity contribution in [3.8, 4) is 0 Å². The van der Waals surface area contributed by atoms with Crippen LogP contribution in [0.15, 0.2) is 24.3 Å². The quantitative estimate of drug-likeness (QED) is 0.843. The van der Waals surface area contributed by atoms with Crippen LogP contribution in [0.4, 0.5) is 13.2 Å². The summed E-state index contributed by atoms with van der Waals surface area (Å²) in [6, 6.07) is 4.84. The van der Waals surface area contributed by atoms with Crippen molar-refractivity contribution in [2.75, 3.05) is 0 Å². The maximum atomic E-state index is 12.7. The van der Waals surface area contributed by atoms with Crippen LogP contribution in [0, 0.1) is 5.41 Å². The van der Waals surface area contributed by atoms with Gasteiger partial charge < -0.3 is 10.0 Å². The summed E-state index contributed by atoms with van der Waals surface area (Å²) in [5.41, 5.74) is -1.06. The normalized spacial score (nSPS) is 19.2. The molecule has 1 amide bonds. The Kier molecular flexibility index (Phi) is 4.51. The molecule has 2 aliphatic carbocycles. The first-order valence-corrected chi connectivity index (χ1v) is 8.40. The Balaban J connectivity index is 1.69. The van der Waals surface area contributed by atoms with E-state index in [0.717, 1.165) is 31.4 Å². The van der Waals surface area contributed by atoms with Crippen molar-refractivity contribution in [2.45, 2.75) is 57.3 Å². The Morgan fingerprint density at radius 1 is 1.16 bits per heavy atom. The van der Waals surface area contributed by atoms with Crippen LogP contribution in [0.3, 0.4) is 0 Å². The zero-order valence-electron chi connectivity index (χ0n) is 13.7. The van der Waals surface area contributed by atoms with Gasteiger partial charge in [0.05, 0.1) is 11.0 Å². The lowest BCUT2D eigenvalue weighted by atomic mass is 9.66. The second-order valence-electron chi connectivity index (χ2n) is 7.06. The van der Waals surface area contributed by atoms with Crippen LogP contribution < -0.4 is 0 Å². The number of carbonyl (C=O) groups excluding carboxylic acids is 1. The summed E-state index contributed by atoms with van der Waals surface area (Å²) < 4.78 is 37.9. The lowest BCUT2D eigenvalue weighted by Crippen LogP contribution is -2.44. The lowest BCUT2D eigenvalue weighted by Gasteiger charge is -2.38. The third-order valence-electron chi connectivity index (χ3n) is 5.20. The van der Waals surface area contributed by atoms with E-state index >= 15 is 0 Å². The highest BCUT2D eigenvalue weighted by molar-refractivity contribution is 5.86. The molecule has 0 heterocycles. The number of aliphatic carboxylic acids is 1. The van der Waals surface area contributed by atoms with Crippen molar-refractivity contribution in [2.24, 2.45) is 5.41 Å². The van der Waals surface area contributed by atoms with E-state index in [2.05, 4.69) is 0 Å². The summed E-state index contributed by atoms with van der Waals surface area (Å²) in [5, 5.41) is 9.39. The number of halogens is 3. The van der Waals surface area contributed by atoms with Crippen LogP contribution in [0.25, 0.3) is 0 Å². The smallest absolute Gasteiger partial charge is 0.416 e. The zero-order chi connectivity index (χ0) is 18.2. The van der Waals surface area contributed by atoms with Crippen molar-refractivity contribution in [1.82, 2.24) is 4.90 Å². The highest BCUT2D eigenvalue weighted by Gasteiger charge is 2.47. The number of carboxylic acids is 1. The second kappa shape index (κ2) is 6.35. The van der Waals surface area contributed by atoms with Gasteiger partial charge in [-0.05, 0) is 43.4 Å². The highest BCUT2D eigenvalue weighted by atomic mass is 19.4. The second-order valence-corrected chi connectivity index (χ2v) is 7.06. The molecule has 2 saturated carbocycles. The third kappa shape index (κ3) is 3.80. The molecule has 0 radical (unpaired) electrons. The monoisotopic (exact) mass is 355 g/mol. The van der Waals surface area contributed by atoms with E-state index in [4.69, 9.17) is 0 Å². The minimum atomic E-state index is -4.39. The van der Waals surface area contributed by atoms with Gasteiger partial charge in [0, 0.05) is 19.0 Å². The van der Waals surface area contributed by atoms with Gasteiger partial charge in [-0.3, -0.25) is 9.59 Å². The van der Waals surface area contributed by atoms with Crippen LogP contribution in [-0.2, 0) is 22.3 Å². The van der Waals surface area contributed by atoms with Crippen molar-refractivity contribution in [1.29, 1.82) is 0 Å². The molecule has 2 aliphatic rings. The Hall–Kier alpha value is -2.05. The first-order valence-electron chi connectivity index (χ1n) is 8.40. The van der Waals surface area contributed by atoms with Crippen molar-refractivity contribution in [3.05, 3.63) is 35.4 Å². The minimum Gasteiger partial charge on any atom is -0.481 e. The Morgan fingerprint density at radius 2 is 1.76 bits per heavy atom. The van der Waals surface area contributed by atoms with Gasteiger partial charge in [0.1, 0.15) is 0 Å². The minimum absolute atomic E-state index is 0.0283. The molecule has 7 heteroatoms. The van der Waals surface area contributed by atoms with E-state index in [1.54, 1.807) is 4.90 Å². The fourth-order valence-electron chi connectivity index (χ4n) is 3.26. The maximum absolute atomic E-state index is 12.7. The molecule has 4 nitrogen and oxygen atoms in total. The number of nitrogens with zero attached hydrogens (tertiary/aromatic N) is 1. The Bertz CT molecular complexity index is 661. The maximum Gasteiger partial charge on any atom is 0.416 e.